The fourth-order valence-electron chi connectivity index (χ4n) is 4.63. The van der Waals surface area contributed by atoms with Gasteiger partial charge in [-0.05, 0) is 66.1 Å². The van der Waals surface area contributed by atoms with Crippen molar-refractivity contribution in [2.45, 2.75) is 35.6 Å². The number of nitrogens with one attached hydrogen (secondary N) is 1. The maximum atomic E-state index is 13.8. The van der Waals surface area contributed by atoms with Crippen LogP contribution in [0.3, 0.4) is 0 Å². The largest absolute Gasteiger partial charge is 0.357 e. The Balaban J connectivity index is 1.67. The highest BCUT2D eigenvalue weighted by atomic mass is 32.2. The first-order valence-electron chi connectivity index (χ1n) is 10.9. The molecule has 4 aromatic rings. The summed E-state index contributed by atoms with van der Waals surface area (Å²) >= 11 is 1.68. The Morgan fingerprint density at radius 1 is 1.00 bits per heavy atom. The van der Waals surface area contributed by atoms with Crippen LogP contribution in [-0.4, -0.2) is 30.5 Å². The maximum absolute atomic E-state index is 13.8. The zero-order chi connectivity index (χ0) is 22.3. The molecule has 32 heavy (non-hydrogen) atoms. The number of H-pyrrole nitrogens is 1. The minimum absolute atomic E-state index is 0.347. The molecule has 0 saturated carbocycles. The molecule has 164 valence electrons. The van der Waals surface area contributed by atoms with Gasteiger partial charge >= 0.3 is 0 Å². The average Bonchev–Trinajstić information content (AvgIpc) is 3.22. The van der Waals surface area contributed by atoms with Crippen LogP contribution in [0, 0.1) is 0 Å². The lowest BCUT2D eigenvalue weighted by Crippen LogP contribution is -2.40. The van der Waals surface area contributed by atoms with Crippen LogP contribution < -0.4 is 0 Å². The van der Waals surface area contributed by atoms with Crippen molar-refractivity contribution in [1.82, 2.24) is 9.29 Å². The summed E-state index contributed by atoms with van der Waals surface area (Å²) in [4.78, 5) is 5.06. The van der Waals surface area contributed by atoms with Crippen LogP contribution in [0.2, 0.25) is 0 Å². The van der Waals surface area contributed by atoms with Gasteiger partial charge in [0, 0.05) is 28.0 Å². The molecule has 0 fully saturated rings. The van der Waals surface area contributed by atoms with Crippen molar-refractivity contribution in [3.8, 4) is 0 Å². The molecule has 0 radical (unpaired) electrons. The highest BCUT2D eigenvalue weighted by molar-refractivity contribution is 7.98. The first kappa shape index (κ1) is 21.3. The van der Waals surface area contributed by atoms with Crippen molar-refractivity contribution in [1.29, 1.82) is 0 Å². The van der Waals surface area contributed by atoms with Crippen molar-refractivity contribution in [3.05, 3.63) is 95.2 Å². The van der Waals surface area contributed by atoms with E-state index < -0.39 is 16.1 Å². The van der Waals surface area contributed by atoms with Crippen LogP contribution in [0.15, 0.2) is 82.6 Å². The predicted molar refractivity (Wildman–Crippen MR) is 132 cm³/mol. The number of hydrogen-bond acceptors (Lipinski definition) is 3. The SMILES string of the molecule is CCc1ccc(S(=O)(=O)N2CCc3c([nH]c4ccccc34)C2c2ccc(SC)cc2)cc1. The van der Waals surface area contributed by atoms with E-state index in [1.54, 1.807) is 28.2 Å². The molecule has 1 N–H and O–H groups in total. The maximum Gasteiger partial charge on any atom is 0.244 e. The first-order chi connectivity index (χ1) is 15.5. The lowest BCUT2D eigenvalue weighted by atomic mass is 9.94. The Hall–Kier alpha value is -2.54. The van der Waals surface area contributed by atoms with E-state index in [0.29, 0.717) is 17.9 Å². The second-order valence-corrected chi connectivity index (χ2v) is 10.9. The van der Waals surface area contributed by atoms with Crippen LogP contribution in [-0.2, 0) is 22.9 Å². The number of thioether (sulfide) groups is 1. The van der Waals surface area contributed by atoms with Gasteiger partial charge in [0.05, 0.1) is 10.9 Å². The fourth-order valence-corrected chi connectivity index (χ4v) is 6.62. The quantitative estimate of drug-likeness (QED) is 0.382. The van der Waals surface area contributed by atoms with E-state index in [1.807, 2.05) is 30.5 Å². The minimum atomic E-state index is -3.67. The third-order valence-electron chi connectivity index (χ3n) is 6.36. The van der Waals surface area contributed by atoms with Crippen LogP contribution in [0.4, 0.5) is 0 Å². The smallest absolute Gasteiger partial charge is 0.244 e. The van der Waals surface area contributed by atoms with Gasteiger partial charge in [0.2, 0.25) is 10.0 Å². The molecule has 1 aliphatic rings. The summed E-state index contributed by atoms with van der Waals surface area (Å²) in [6.45, 7) is 2.52. The van der Waals surface area contributed by atoms with Crippen molar-refractivity contribution < 1.29 is 8.42 Å². The summed E-state index contributed by atoms with van der Waals surface area (Å²) in [7, 11) is -3.67. The minimum Gasteiger partial charge on any atom is -0.357 e. The number of aromatic amines is 1. The Morgan fingerprint density at radius 3 is 2.41 bits per heavy atom. The normalized spacial score (nSPS) is 16.9. The molecule has 0 bridgehead atoms. The Kier molecular flexibility index (Phi) is 5.61. The van der Waals surface area contributed by atoms with Crippen LogP contribution in [0.25, 0.3) is 10.9 Å². The third-order valence-corrected chi connectivity index (χ3v) is 8.98. The lowest BCUT2D eigenvalue weighted by Gasteiger charge is -2.35. The van der Waals surface area contributed by atoms with E-state index in [2.05, 4.69) is 48.3 Å². The molecule has 0 amide bonds. The zero-order valence-corrected chi connectivity index (χ0v) is 19.8. The summed E-state index contributed by atoms with van der Waals surface area (Å²) in [5.41, 5.74) is 5.35. The number of para-hydroxylation sites is 1. The van der Waals surface area contributed by atoms with Gasteiger partial charge in [-0.3, -0.25) is 0 Å². The second kappa shape index (κ2) is 8.43. The molecular formula is C26H26N2O2S2. The van der Waals surface area contributed by atoms with E-state index >= 15 is 0 Å². The molecule has 1 unspecified atom stereocenters. The fraction of sp³-hybridized carbons (Fsp3) is 0.231. The van der Waals surface area contributed by atoms with Gasteiger partial charge in [-0.15, -0.1) is 11.8 Å². The predicted octanol–water partition coefficient (Wildman–Crippen LogP) is 5.79. The summed E-state index contributed by atoms with van der Waals surface area (Å²) in [6, 6.07) is 23.4. The number of rotatable bonds is 5. The number of hydrogen-bond donors (Lipinski definition) is 1. The number of sulfonamides is 1. The third kappa shape index (κ3) is 3.56. The molecular weight excluding hydrogens is 436 g/mol. The Bertz CT molecular complexity index is 1360. The summed E-state index contributed by atoms with van der Waals surface area (Å²) in [5.74, 6) is 0. The van der Waals surface area contributed by atoms with E-state index in [0.717, 1.165) is 33.7 Å². The van der Waals surface area contributed by atoms with Gasteiger partial charge in [0.25, 0.3) is 0 Å². The van der Waals surface area contributed by atoms with Gasteiger partial charge in [-0.2, -0.15) is 4.31 Å². The number of fused-ring (bicyclic) bond motifs is 3. The van der Waals surface area contributed by atoms with Crippen molar-refractivity contribution in [2.75, 3.05) is 12.8 Å². The molecule has 5 rings (SSSR count). The van der Waals surface area contributed by atoms with Gasteiger partial charge in [0.1, 0.15) is 0 Å². The monoisotopic (exact) mass is 462 g/mol. The second-order valence-electron chi connectivity index (χ2n) is 8.10. The van der Waals surface area contributed by atoms with Crippen LogP contribution in [0.5, 0.6) is 0 Å². The summed E-state index contributed by atoms with van der Waals surface area (Å²) in [5, 5.41) is 1.18. The van der Waals surface area contributed by atoms with Gasteiger partial charge in [0.15, 0.2) is 0 Å². The number of benzene rings is 3. The summed E-state index contributed by atoms with van der Waals surface area (Å²) < 4.78 is 29.3. The van der Waals surface area contributed by atoms with E-state index in [1.165, 1.54) is 10.9 Å². The highest BCUT2D eigenvalue weighted by Crippen LogP contribution is 2.41. The molecule has 0 saturated heterocycles. The van der Waals surface area contributed by atoms with E-state index in [4.69, 9.17) is 0 Å². The Morgan fingerprint density at radius 2 is 1.72 bits per heavy atom. The molecule has 1 aromatic heterocycles. The van der Waals surface area contributed by atoms with Crippen molar-refractivity contribution in [3.63, 3.8) is 0 Å². The zero-order valence-electron chi connectivity index (χ0n) is 18.2. The van der Waals surface area contributed by atoms with Gasteiger partial charge in [-0.1, -0.05) is 49.4 Å². The van der Waals surface area contributed by atoms with Crippen LogP contribution >= 0.6 is 11.8 Å². The van der Waals surface area contributed by atoms with Crippen LogP contribution in [0.1, 0.15) is 35.3 Å². The topological polar surface area (TPSA) is 53.2 Å². The van der Waals surface area contributed by atoms with Gasteiger partial charge in [-0.25, -0.2) is 8.42 Å². The lowest BCUT2D eigenvalue weighted by molar-refractivity contribution is 0.340. The molecule has 1 atom stereocenters. The Labute approximate surface area is 193 Å². The standard InChI is InChI=1S/C26H26N2O2S2/c1-3-18-8-14-21(15-9-18)32(29,30)28-17-16-23-22-6-4-5-7-24(22)27-25(23)26(28)19-10-12-20(31-2)13-11-19/h4-15,26-27H,3,16-17H2,1-2H3. The highest BCUT2D eigenvalue weighted by Gasteiger charge is 2.39. The van der Waals surface area contributed by atoms with Crippen molar-refractivity contribution in [2.24, 2.45) is 0 Å². The van der Waals surface area contributed by atoms with E-state index in [-0.39, 0.29) is 0 Å². The van der Waals surface area contributed by atoms with Crippen molar-refractivity contribution >= 4 is 32.7 Å². The van der Waals surface area contributed by atoms with E-state index in [9.17, 15) is 8.42 Å². The summed E-state index contributed by atoms with van der Waals surface area (Å²) in [6.07, 6.45) is 3.61. The number of aromatic nitrogens is 1. The molecule has 3 aromatic carbocycles. The molecule has 2 heterocycles. The first-order valence-corrected chi connectivity index (χ1v) is 13.5. The molecule has 1 aliphatic heterocycles. The number of aryl methyl sites for hydroxylation is 1. The average molecular weight is 463 g/mol. The number of nitrogens with zero attached hydrogens (tertiary/aromatic N) is 1. The molecule has 0 spiro atoms. The molecule has 4 nitrogen and oxygen atoms in total. The van der Waals surface area contributed by atoms with Gasteiger partial charge < -0.3 is 4.98 Å². The molecule has 6 heteroatoms. The molecule has 0 aliphatic carbocycles.